The molecule has 4 rings (SSSR count). The molecule has 0 aliphatic heterocycles. The first-order chi connectivity index (χ1) is 13.9. The number of aromatic nitrogens is 3. The van der Waals surface area contributed by atoms with Gasteiger partial charge in [0, 0.05) is 23.7 Å². The minimum absolute atomic E-state index is 0.162. The van der Waals surface area contributed by atoms with Gasteiger partial charge in [-0.3, -0.25) is 19.7 Å². The lowest BCUT2D eigenvalue weighted by Crippen LogP contribution is -2.25. The zero-order valence-corrected chi connectivity index (χ0v) is 16.2. The molecule has 0 bridgehead atoms. The molecule has 2 aromatic heterocycles. The fraction of sp³-hybridized carbons (Fsp3) is 0.227. The highest BCUT2D eigenvalue weighted by Crippen LogP contribution is 2.22. The van der Waals surface area contributed by atoms with Crippen molar-refractivity contribution < 1.29 is 9.18 Å². The molecule has 1 amide bonds. The fourth-order valence-electron chi connectivity index (χ4n) is 3.25. The maximum Gasteiger partial charge on any atom is 0.280 e. The first kappa shape index (κ1) is 18.9. The Morgan fingerprint density at radius 3 is 2.66 bits per heavy atom. The SMILES string of the molecule is CC(C)CCNC(=O)c1ccc2ncc3c(=O)n(-c4ccc(F)cc4)[nH]c3c2c1. The Hall–Kier alpha value is -3.48. The first-order valence-corrected chi connectivity index (χ1v) is 9.51. The second-order valence-corrected chi connectivity index (χ2v) is 7.45. The Bertz CT molecular complexity index is 1260. The number of fused-ring (bicyclic) bond motifs is 3. The molecule has 29 heavy (non-hydrogen) atoms. The number of rotatable bonds is 5. The van der Waals surface area contributed by atoms with Crippen LogP contribution in [0, 0.1) is 11.7 Å². The summed E-state index contributed by atoms with van der Waals surface area (Å²) in [6.07, 6.45) is 2.41. The predicted octanol–water partition coefficient (Wildman–Crippen LogP) is 3.78. The molecule has 0 radical (unpaired) electrons. The number of halogens is 1. The molecular formula is C22H21FN4O2. The molecule has 0 fully saturated rings. The quantitative estimate of drug-likeness (QED) is 0.542. The molecule has 148 valence electrons. The van der Waals surface area contributed by atoms with E-state index in [1.54, 1.807) is 18.2 Å². The van der Waals surface area contributed by atoms with Crippen molar-refractivity contribution in [2.45, 2.75) is 20.3 Å². The topological polar surface area (TPSA) is 79.8 Å². The van der Waals surface area contributed by atoms with Crippen molar-refractivity contribution >= 4 is 27.7 Å². The lowest BCUT2D eigenvalue weighted by atomic mass is 10.1. The van der Waals surface area contributed by atoms with Crippen LogP contribution >= 0.6 is 0 Å². The average molecular weight is 392 g/mol. The van der Waals surface area contributed by atoms with Gasteiger partial charge in [-0.05, 0) is 54.8 Å². The molecule has 0 atom stereocenters. The lowest BCUT2D eigenvalue weighted by molar-refractivity contribution is 0.0952. The zero-order chi connectivity index (χ0) is 20.5. The van der Waals surface area contributed by atoms with Gasteiger partial charge in [0.25, 0.3) is 11.5 Å². The van der Waals surface area contributed by atoms with Gasteiger partial charge in [-0.25, -0.2) is 9.07 Å². The number of carbonyl (C=O) groups is 1. The molecule has 2 heterocycles. The van der Waals surface area contributed by atoms with E-state index in [0.29, 0.717) is 45.5 Å². The molecule has 0 spiro atoms. The van der Waals surface area contributed by atoms with E-state index in [1.165, 1.54) is 35.1 Å². The molecule has 2 aromatic carbocycles. The Kier molecular flexibility index (Phi) is 4.88. The van der Waals surface area contributed by atoms with Crippen LogP contribution in [0.4, 0.5) is 4.39 Å². The maximum atomic E-state index is 13.2. The van der Waals surface area contributed by atoms with Crippen LogP contribution in [0.25, 0.3) is 27.5 Å². The van der Waals surface area contributed by atoms with Crippen LogP contribution in [0.5, 0.6) is 0 Å². The third-order valence-corrected chi connectivity index (χ3v) is 4.88. The van der Waals surface area contributed by atoms with Crippen LogP contribution in [0.3, 0.4) is 0 Å². The van der Waals surface area contributed by atoms with Crippen LogP contribution in [-0.4, -0.2) is 27.2 Å². The van der Waals surface area contributed by atoms with Crippen LogP contribution < -0.4 is 10.9 Å². The number of benzene rings is 2. The molecule has 0 aliphatic carbocycles. The predicted molar refractivity (Wildman–Crippen MR) is 111 cm³/mol. The highest BCUT2D eigenvalue weighted by molar-refractivity contribution is 6.06. The minimum atomic E-state index is -0.377. The summed E-state index contributed by atoms with van der Waals surface area (Å²) in [5, 5.41) is 7.08. The van der Waals surface area contributed by atoms with E-state index < -0.39 is 0 Å². The van der Waals surface area contributed by atoms with Crippen molar-refractivity contribution in [3.05, 3.63) is 70.4 Å². The monoisotopic (exact) mass is 392 g/mol. The van der Waals surface area contributed by atoms with E-state index in [-0.39, 0.29) is 17.3 Å². The summed E-state index contributed by atoms with van der Waals surface area (Å²) >= 11 is 0. The third kappa shape index (κ3) is 3.63. The number of hydrogen-bond donors (Lipinski definition) is 2. The van der Waals surface area contributed by atoms with Crippen LogP contribution in [0.2, 0.25) is 0 Å². The second-order valence-electron chi connectivity index (χ2n) is 7.45. The normalized spacial score (nSPS) is 11.4. The van der Waals surface area contributed by atoms with Crippen molar-refractivity contribution in [2.24, 2.45) is 5.92 Å². The highest BCUT2D eigenvalue weighted by Gasteiger charge is 2.14. The number of hydrogen-bond acceptors (Lipinski definition) is 3. The Balaban J connectivity index is 1.78. The zero-order valence-electron chi connectivity index (χ0n) is 16.2. The maximum absolute atomic E-state index is 13.2. The first-order valence-electron chi connectivity index (χ1n) is 9.51. The van der Waals surface area contributed by atoms with Crippen molar-refractivity contribution in [2.75, 3.05) is 6.54 Å². The van der Waals surface area contributed by atoms with Crippen molar-refractivity contribution in [1.29, 1.82) is 0 Å². The molecule has 7 heteroatoms. The van der Waals surface area contributed by atoms with E-state index in [4.69, 9.17) is 0 Å². The Labute approximate surface area is 166 Å². The van der Waals surface area contributed by atoms with E-state index in [9.17, 15) is 14.0 Å². The van der Waals surface area contributed by atoms with E-state index >= 15 is 0 Å². The van der Waals surface area contributed by atoms with Gasteiger partial charge in [0.15, 0.2) is 0 Å². The molecule has 0 aliphatic rings. The van der Waals surface area contributed by atoms with Gasteiger partial charge in [-0.15, -0.1) is 0 Å². The summed E-state index contributed by atoms with van der Waals surface area (Å²) in [5.41, 5.74) is 1.99. The van der Waals surface area contributed by atoms with Gasteiger partial charge in [-0.2, -0.15) is 0 Å². The van der Waals surface area contributed by atoms with Gasteiger partial charge in [0.05, 0.1) is 22.1 Å². The van der Waals surface area contributed by atoms with Crippen LogP contribution in [0.15, 0.2) is 53.5 Å². The molecule has 6 nitrogen and oxygen atoms in total. The Morgan fingerprint density at radius 1 is 1.17 bits per heavy atom. The molecule has 0 saturated carbocycles. The number of carbonyl (C=O) groups excluding carboxylic acids is 1. The highest BCUT2D eigenvalue weighted by atomic mass is 19.1. The standard InChI is InChI=1S/C22H21FN4O2/c1-13(2)9-10-24-21(28)14-3-8-19-17(11-14)20-18(12-25-19)22(29)27(26-20)16-6-4-15(23)5-7-16/h3-8,11-13,26H,9-10H2,1-2H3,(H,24,28). The number of nitrogens with zero attached hydrogens (tertiary/aromatic N) is 2. The van der Waals surface area contributed by atoms with Gasteiger partial charge in [-0.1, -0.05) is 13.8 Å². The second kappa shape index (κ2) is 7.50. The summed E-state index contributed by atoms with van der Waals surface area (Å²) < 4.78 is 14.6. The van der Waals surface area contributed by atoms with Gasteiger partial charge < -0.3 is 5.32 Å². The summed E-state index contributed by atoms with van der Waals surface area (Å²) in [6, 6.07) is 10.9. The Morgan fingerprint density at radius 2 is 1.93 bits per heavy atom. The van der Waals surface area contributed by atoms with E-state index in [0.717, 1.165) is 6.42 Å². The third-order valence-electron chi connectivity index (χ3n) is 4.88. The smallest absolute Gasteiger partial charge is 0.280 e. The minimum Gasteiger partial charge on any atom is -0.352 e. The number of nitrogens with one attached hydrogen (secondary N) is 2. The number of aromatic amines is 1. The van der Waals surface area contributed by atoms with Gasteiger partial charge in [0.1, 0.15) is 5.82 Å². The van der Waals surface area contributed by atoms with E-state index in [2.05, 4.69) is 29.2 Å². The van der Waals surface area contributed by atoms with E-state index in [1.807, 2.05) is 0 Å². The van der Waals surface area contributed by atoms with Crippen LogP contribution in [0.1, 0.15) is 30.6 Å². The van der Waals surface area contributed by atoms with Crippen molar-refractivity contribution in [3.8, 4) is 5.69 Å². The number of amides is 1. The molecule has 4 aromatic rings. The lowest BCUT2D eigenvalue weighted by Gasteiger charge is -2.08. The average Bonchev–Trinajstić information content (AvgIpc) is 3.05. The summed E-state index contributed by atoms with van der Waals surface area (Å²) in [5.74, 6) is -0.0324. The summed E-state index contributed by atoms with van der Waals surface area (Å²) in [7, 11) is 0. The molecular weight excluding hydrogens is 371 g/mol. The summed E-state index contributed by atoms with van der Waals surface area (Å²) in [4.78, 5) is 29.6. The fourth-order valence-corrected chi connectivity index (χ4v) is 3.25. The largest absolute Gasteiger partial charge is 0.352 e. The van der Waals surface area contributed by atoms with Crippen molar-refractivity contribution in [1.82, 2.24) is 20.1 Å². The van der Waals surface area contributed by atoms with Gasteiger partial charge >= 0.3 is 0 Å². The number of H-pyrrole nitrogens is 1. The van der Waals surface area contributed by atoms with Gasteiger partial charge in [0.2, 0.25) is 0 Å². The molecule has 2 N–H and O–H groups in total. The number of pyridine rings is 1. The summed E-state index contributed by atoms with van der Waals surface area (Å²) in [6.45, 7) is 4.81. The van der Waals surface area contributed by atoms with Crippen molar-refractivity contribution in [3.63, 3.8) is 0 Å². The molecule has 0 unspecified atom stereocenters. The van der Waals surface area contributed by atoms with Crippen LogP contribution in [-0.2, 0) is 0 Å². The molecule has 0 saturated heterocycles.